The van der Waals surface area contributed by atoms with E-state index in [2.05, 4.69) is 13.8 Å². The summed E-state index contributed by atoms with van der Waals surface area (Å²) in [5.74, 6) is 2.19. The number of benzene rings is 1. The molecule has 0 radical (unpaired) electrons. The van der Waals surface area contributed by atoms with Gasteiger partial charge < -0.3 is 9.47 Å². The summed E-state index contributed by atoms with van der Waals surface area (Å²) in [4.78, 5) is 11.6. The predicted octanol–water partition coefficient (Wildman–Crippen LogP) is 4.46. The van der Waals surface area contributed by atoms with E-state index in [9.17, 15) is 4.79 Å². The largest absolute Gasteiger partial charge is 0.490 e. The lowest BCUT2D eigenvalue weighted by atomic mass is 9.78. The molecule has 0 atom stereocenters. The Bertz CT molecular complexity index is 444. The van der Waals surface area contributed by atoms with Crippen LogP contribution < -0.4 is 4.74 Å². The van der Waals surface area contributed by atoms with Crippen LogP contribution in [0.15, 0.2) is 24.3 Å². The monoisotopic (exact) mass is 290 g/mol. The Morgan fingerprint density at radius 3 is 2.48 bits per heavy atom. The van der Waals surface area contributed by atoms with Crippen LogP contribution in [0.2, 0.25) is 0 Å². The number of rotatable bonds is 7. The van der Waals surface area contributed by atoms with Gasteiger partial charge in [-0.05, 0) is 62.3 Å². The van der Waals surface area contributed by atoms with Crippen molar-refractivity contribution in [3.05, 3.63) is 29.8 Å². The molecule has 1 aliphatic rings. The Kier molecular flexibility index (Phi) is 5.66. The van der Waals surface area contributed by atoms with Crippen molar-refractivity contribution in [3.8, 4) is 5.75 Å². The summed E-state index contributed by atoms with van der Waals surface area (Å²) in [6.07, 6.45) is 5.29. The molecular formula is C18H26O3. The normalized spacial score (nSPS) is 21.0. The van der Waals surface area contributed by atoms with Gasteiger partial charge in [-0.2, -0.15) is 0 Å². The van der Waals surface area contributed by atoms with Crippen LogP contribution in [0.4, 0.5) is 0 Å². The van der Waals surface area contributed by atoms with Crippen molar-refractivity contribution >= 4 is 5.97 Å². The van der Waals surface area contributed by atoms with Crippen molar-refractivity contribution in [3.63, 3.8) is 0 Å². The number of hydrogen-bond donors (Lipinski definition) is 0. The van der Waals surface area contributed by atoms with Crippen molar-refractivity contribution in [1.29, 1.82) is 0 Å². The van der Waals surface area contributed by atoms with Crippen LogP contribution in [0.3, 0.4) is 0 Å². The summed E-state index contributed by atoms with van der Waals surface area (Å²) in [7, 11) is 0. The van der Waals surface area contributed by atoms with E-state index < -0.39 is 0 Å². The maximum atomic E-state index is 11.6. The zero-order chi connectivity index (χ0) is 15.2. The molecule has 0 unspecified atom stereocenters. The maximum absolute atomic E-state index is 11.6. The van der Waals surface area contributed by atoms with Gasteiger partial charge in [-0.3, -0.25) is 0 Å². The van der Waals surface area contributed by atoms with Crippen LogP contribution in [0.25, 0.3) is 0 Å². The first-order valence-corrected chi connectivity index (χ1v) is 8.02. The number of carbonyl (C=O) groups is 1. The van der Waals surface area contributed by atoms with Crippen molar-refractivity contribution in [2.45, 2.75) is 52.6 Å². The molecule has 1 aromatic carbocycles. The summed E-state index contributed by atoms with van der Waals surface area (Å²) >= 11 is 0. The SMILES string of the molecule is CCOC(=O)c1ccc(OC2CC(CCC(C)C)C2)cc1. The molecule has 1 aromatic rings. The molecule has 0 aliphatic heterocycles. The number of carbonyl (C=O) groups excluding carboxylic acids is 1. The average Bonchev–Trinajstić information content (AvgIpc) is 2.42. The van der Waals surface area contributed by atoms with Gasteiger partial charge in [0.25, 0.3) is 0 Å². The first kappa shape index (κ1) is 15.9. The molecule has 1 aliphatic carbocycles. The Labute approximate surface area is 127 Å². The van der Waals surface area contributed by atoms with E-state index in [0.29, 0.717) is 18.3 Å². The lowest BCUT2D eigenvalue weighted by Gasteiger charge is -2.35. The quantitative estimate of drug-likeness (QED) is 0.696. The minimum absolute atomic E-state index is 0.276. The molecule has 0 N–H and O–H groups in total. The molecule has 116 valence electrons. The van der Waals surface area contributed by atoms with E-state index >= 15 is 0 Å². The molecule has 2 rings (SSSR count). The molecule has 1 saturated carbocycles. The van der Waals surface area contributed by atoms with Gasteiger partial charge in [-0.15, -0.1) is 0 Å². The van der Waals surface area contributed by atoms with Gasteiger partial charge in [0, 0.05) is 0 Å². The number of hydrogen-bond acceptors (Lipinski definition) is 3. The van der Waals surface area contributed by atoms with Crippen molar-refractivity contribution in [1.82, 2.24) is 0 Å². The molecule has 0 heterocycles. The van der Waals surface area contributed by atoms with E-state index in [1.165, 1.54) is 12.8 Å². The van der Waals surface area contributed by atoms with Crippen LogP contribution in [0.1, 0.15) is 56.8 Å². The van der Waals surface area contributed by atoms with Crippen molar-refractivity contribution in [2.24, 2.45) is 11.8 Å². The highest BCUT2D eigenvalue weighted by atomic mass is 16.5. The topological polar surface area (TPSA) is 35.5 Å². The van der Waals surface area contributed by atoms with E-state index in [-0.39, 0.29) is 5.97 Å². The second-order valence-corrected chi connectivity index (χ2v) is 6.29. The van der Waals surface area contributed by atoms with Crippen LogP contribution in [-0.4, -0.2) is 18.7 Å². The molecule has 0 spiro atoms. The van der Waals surface area contributed by atoms with Gasteiger partial charge in [-0.1, -0.05) is 20.3 Å². The summed E-state index contributed by atoms with van der Waals surface area (Å²) in [5, 5.41) is 0. The molecule has 1 fully saturated rings. The van der Waals surface area contributed by atoms with E-state index in [4.69, 9.17) is 9.47 Å². The molecular weight excluding hydrogens is 264 g/mol. The zero-order valence-electron chi connectivity index (χ0n) is 13.3. The summed E-state index contributed by atoms with van der Waals surface area (Å²) < 4.78 is 10.9. The highest BCUT2D eigenvalue weighted by molar-refractivity contribution is 5.89. The van der Waals surface area contributed by atoms with E-state index in [1.54, 1.807) is 12.1 Å². The molecule has 0 bridgehead atoms. The van der Waals surface area contributed by atoms with Crippen molar-refractivity contribution < 1.29 is 14.3 Å². The Morgan fingerprint density at radius 2 is 1.90 bits per heavy atom. The van der Waals surface area contributed by atoms with Crippen LogP contribution >= 0.6 is 0 Å². The van der Waals surface area contributed by atoms with Gasteiger partial charge in [0.2, 0.25) is 0 Å². The highest BCUT2D eigenvalue weighted by Crippen LogP contribution is 2.35. The fraction of sp³-hybridized carbons (Fsp3) is 0.611. The third kappa shape index (κ3) is 4.76. The van der Waals surface area contributed by atoms with Gasteiger partial charge in [-0.25, -0.2) is 4.79 Å². The molecule has 3 heteroatoms. The lowest BCUT2D eigenvalue weighted by molar-refractivity contribution is 0.0525. The van der Waals surface area contributed by atoms with Gasteiger partial charge in [0.05, 0.1) is 18.3 Å². The summed E-state index contributed by atoms with van der Waals surface area (Å²) in [5.41, 5.74) is 0.576. The number of ether oxygens (including phenoxy) is 2. The summed E-state index contributed by atoms with van der Waals surface area (Å²) in [6, 6.07) is 7.24. The number of esters is 1. The minimum Gasteiger partial charge on any atom is -0.490 e. The minimum atomic E-state index is -0.276. The van der Waals surface area contributed by atoms with Gasteiger partial charge >= 0.3 is 5.97 Å². The zero-order valence-corrected chi connectivity index (χ0v) is 13.3. The highest BCUT2D eigenvalue weighted by Gasteiger charge is 2.30. The second-order valence-electron chi connectivity index (χ2n) is 6.29. The van der Waals surface area contributed by atoms with Gasteiger partial charge in [0.15, 0.2) is 0 Å². The van der Waals surface area contributed by atoms with Crippen molar-refractivity contribution in [2.75, 3.05) is 6.61 Å². The fourth-order valence-corrected chi connectivity index (χ4v) is 2.65. The Balaban J connectivity index is 1.74. The molecule has 0 saturated heterocycles. The smallest absolute Gasteiger partial charge is 0.338 e. The molecule has 21 heavy (non-hydrogen) atoms. The lowest BCUT2D eigenvalue weighted by Crippen LogP contribution is -2.33. The first-order valence-electron chi connectivity index (χ1n) is 8.02. The standard InChI is InChI=1S/C18H26O3/c1-4-20-18(19)15-7-9-16(10-8-15)21-17-11-14(12-17)6-5-13(2)3/h7-10,13-14,17H,4-6,11-12H2,1-3H3. The fourth-order valence-electron chi connectivity index (χ4n) is 2.65. The maximum Gasteiger partial charge on any atom is 0.338 e. The van der Waals surface area contributed by atoms with Crippen LogP contribution in [0, 0.1) is 11.8 Å². The average molecular weight is 290 g/mol. The molecule has 0 aromatic heterocycles. The summed E-state index contributed by atoms with van der Waals surface area (Å²) in [6.45, 7) is 6.76. The Morgan fingerprint density at radius 1 is 1.24 bits per heavy atom. The van der Waals surface area contributed by atoms with E-state index in [1.807, 2.05) is 19.1 Å². The molecule has 3 nitrogen and oxygen atoms in total. The van der Waals surface area contributed by atoms with E-state index in [0.717, 1.165) is 30.4 Å². The molecule has 0 amide bonds. The predicted molar refractivity (Wildman–Crippen MR) is 83.6 cm³/mol. The van der Waals surface area contributed by atoms with Crippen LogP contribution in [0.5, 0.6) is 5.75 Å². The first-order chi connectivity index (χ1) is 10.1. The third-order valence-electron chi connectivity index (χ3n) is 4.01. The Hall–Kier alpha value is -1.51. The van der Waals surface area contributed by atoms with Gasteiger partial charge in [0.1, 0.15) is 5.75 Å². The third-order valence-corrected chi connectivity index (χ3v) is 4.01. The second kappa shape index (κ2) is 7.48. The van der Waals surface area contributed by atoms with Crippen LogP contribution in [-0.2, 0) is 4.74 Å².